The Morgan fingerprint density at radius 2 is 2.00 bits per heavy atom. The van der Waals surface area contributed by atoms with E-state index in [4.69, 9.17) is 11.6 Å². The fourth-order valence-corrected chi connectivity index (χ4v) is 2.83. The Balaban J connectivity index is 2.83. The molecular weight excluding hydrogens is 308 g/mol. The molecule has 0 aliphatic rings. The molecule has 0 fully saturated rings. The van der Waals surface area contributed by atoms with Gasteiger partial charge in [-0.2, -0.15) is 0 Å². The number of benzene rings is 1. The Morgan fingerprint density at radius 1 is 1.33 bits per heavy atom. The monoisotopic (exact) mass is 332 g/mol. The van der Waals surface area contributed by atoms with Gasteiger partial charge in [0.1, 0.15) is 9.84 Å². The molecule has 0 aromatic heterocycles. The van der Waals surface area contributed by atoms with Gasteiger partial charge in [0, 0.05) is 42.7 Å². The van der Waals surface area contributed by atoms with E-state index in [1.807, 2.05) is 30.1 Å². The molecule has 0 spiro atoms. The number of anilines is 1. The van der Waals surface area contributed by atoms with Crippen LogP contribution in [0.3, 0.4) is 0 Å². The number of hydrogen-bond acceptors (Lipinski definition) is 4. The SMILES string of the molecule is CC(C)CNCc1c(Cl)cccc1N(C)CCS(C)(=O)=O. The average Bonchev–Trinajstić information content (AvgIpc) is 2.36. The third-order valence-electron chi connectivity index (χ3n) is 3.16. The van der Waals surface area contributed by atoms with Gasteiger partial charge in [-0.1, -0.05) is 31.5 Å². The number of nitrogens with zero attached hydrogens (tertiary/aromatic N) is 1. The molecule has 0 unspecified atom stereocenters. The average molecular weight is 333 g/mol. The van der Waals surface area contributed by atoms with Gasteiger partial charge in [0.15, 0.2) is 0 Å². The maximum atomic E-state index is 11.3. The first-order chi connectivity index (χ1) is 9.70. The highest BCUT2D eigenvalue weighted by Crippen LogP contribution is 2.26. The summed E-state index contributed by atoms with van der Waals surface area (Å²) in [6, 6.07) is 5.73. The molecule has 0 bridgehead atoms. The fourth-order valence-electron chi connectivity index (χ4n) is 1.99. The van der Waals surface area contributed by atoms with Gasteiger partial charge in [0.25, 0.3) is 0 Å². The van der Waals surface area contributed by atoms with Crippen LogP contribution in [-0.2, 0) is 16.4 Å². The first-order valence-corrected chi connectivity index (χ1v) is 9.51. The molecule has 0 saturated heterocycles. The van der Waals surface area contributed by atoms with Gasteiger partial charge in [-0.25, -0.2) is 8.42 Å². The first-order valence-electron chi connectivity index (χ1n) is 7.07. The molecule has 1 aromatic rings. The normalized spacial score (nSPS) is 11.9. The van der Waals surface area contributed by atoms with Crippen LogP contribution in [0.25, 0.3) is 0 Å². The highest BCUT2D eigenvalue weighted by molar-refractivity contribution is 7.90. The van der Waals surface area contributed by atoms with E-state index in [9.17, 15) is 8.42 Å². The van der Waals surface area contributed by atoms with Crippen molar-refractivity contribution in [3.8, 4) is 0 Å². The minimum Gasteiger partial charge on any atom is -0.373 e. The summed E-state index contributed by atoms with van der Waals surface area (Å²) < 4.78 is 22.6. The van der Waals surface area contributed by atoms with Crippen molar-refractivity contribution in [2.45, 2.75) is 20.4 Å². The number of rotatable bonds is 8. The Hall–Kier alpha value is -0.780. The minimum absolute atomic E-state index is 0.134. The smallest absolute Gasteiger partial charge is 0.149 e. The zero-order valence-electron chi connectivity index (χ0n) is 13.2. The zero-order valence-corrected chi connectivity index (χ0v) is 14.8. The zero-order chi connectivity index (χ0) is 16.0. The second-order valence-corrected chi connectivity index (χ2v) is 8.48. The minimum atomic E-state index is -2.97. The molecule has 0 radical (unpaired) electrons. The van der Waals surface area contributed by atoms with Gasteiger partial charge in [-0.05, 0) is 24.6 Å². The van der Waals surface area contributed by atoms with E-state index in [0.29, 0.717) is 24.0 Å². The molecule has 0 atom stereocenters. The van der Waals surface area contributed by atoms with E-state index in [0.717, 1.165) is 17.8 Å². The summed E-state index contributed by atoms with van der Waals surface area (Å²) in [6.07, 6.45) is 1.25. The molecule has 0 amide bonds. The van der Waals surface area contributed by atoms with E-state index in [2.05, 4.69) is 19.2 Å². The summed E-state index contributed by atoms with van der Waals surface area (Å²) in [4.78, 5) is 1.94. The third kappa shape index (κ3) is 6.68. The summed E-state index contributed by atoms with van der Waals surface area (Å²) in [5, 5.41) is 4.08. The molecule has 120 valence electrons. The summed E-state index contributed by atoms with van der Waals surface area (Å²) in [5.41, 5.74) is 1.98. The molecule has 0 aliphatic carbocycles. The highest BCUT2D eigenvalue weighted by Gasteiger charge is 2.12. The fraction of sp³-hybridized carbons (Fsp3) is 0.600. The van der Waals surface area contributed by atoms with E-state index >= 15 is 0 Å². The quantitative estimate of drug-likeness (QED) is 0.795. The Labute approximate surface area is 133 Å². The van der Waals surface area contributed by atoms with Crippen LogP contribution in [-0.4, -0.2) is 40.6 Å². The Kier molecular flexibility index (Phi) is 6.97. The maximum Gasteiger partial charge on any atom is 0.149 e. The number of sulfone groups is 1. The van der Waals surface area contributed by atoms with E-state index in [1.54, 1.807) is 0 Å². The van der Waals surface area contributed by atoms with Crippen molar-refractivity contribution >= 4 is 27.1 Å². The lowest BCUT2D eigenvalue weighted by Gasteiger charge is -2.23. The molecule has 0 heterocycles. The standard InChI is InChI=1S/C15H25ClN2O2S/c1-12(2)10-17-11-13-14(16)6-5-7-15(13)18(3)8-9-21(4,19)20/h5-7,12,17H,8-11H2,1-4H3. The molecule has 6 heteroatoms. The van der Waals surface area contributed by atoms with Gasteiger partial charge >= 0.3 is 0 Å². The predicted octanol–water partition coefficient (Wildman–Crippen LogP) is 2.57. The molecule has 1 N–H and O–H groups in total. The molecule has 0 aliphatic heterocycles. The van der Waals surface area contributed by atoms with Gasteiger partial charge in [-0.3, -0.25) is 0 Å². The van der Waals surface area contributed by atoms with Crippen LogP contribution in [0, 0.1) is 5.92 Å². The van der Waals surface area contributed by atoms with Crippen molar-refractivity contribution in [3.63, 3.8) is 0 Å². The highest BCUT2D eigenvalue weighted by atomic mass is 35.5. The van der Waals surface area contributed by atoms with Crippen molar-refractivity contribution < 1.29 is 8.42 Å². The molecule has 1 rings (SSSR count). The van der Waals surface area contributed by atoms with Crippen molar-refractivity contribution in [1.29, 1.82) is 0 Å². The summed E-state index contributed by atoms with van der Waals surface area (Å²) in [5.74, 6) is 0.702. The van der Waals surface area contributed by atoms with Crippen LogP contribution >= 0.6 is 11.6 Å². The Bertz CT molecular complexity index is 559. The van der Waals surface area contributed by atoms with Gasteiger partial charge < -0.3 is 10.2 Å². The second kappa shape index (κ2) is 8.01. The molecule has 1 aromatic carbocycles. The summed E-state index contributed by atoms with van der Waals surface area (Å²) in [6.45, 7) is 6.35. The lowest BCUT2D eigenvalue weighted by molar-refractivity contribution is 0.552. The molecule has 21 heavy (non-hydrogen) atoms. The van der Waals surface area contributed by atoms with Crippen molar-refractivity contribution in [3.05, 3.63) is 28.8 Å². The first kappa shape index (κ1) is 18.3. The van der Waals surface area contributed by atoms with E-state index in [-0.39, 0.29) is 5.75 Å². The van der Waals surface area contributed by atoms with Crippen LogP contribution in [0.1, 0.15) is 19.4 Å². The summed E-state index contributed by atoms with van der Waals surface area (Å²) >= 11 is 6.29. The van der Waals surface area contributed by atoms with Crippen molar-refractivity contribution in [2.75, 3.05) is 37.0 Å². The van der Waals surface area contributed by atoms with E-state index in [1.165, 1.54) is 6.26 Å². The number of hydrogen-bond donors (Lipinski definition) is 1. The van der Waals surface area contributed by atoms with Crippen LogP contribution in [0.2, 0.25) is 5.02 Å². The predicted molar refractivity (Wildman–Crippen MR) is 91.0 cm³/mol. The van der Waals surface area contributed by atoms with Crippen LogP contribution in [0.4, 0.5) is 5.69 Å². The van der Waals surface area contributed by atoms with Crippen LogP contribution < -0.4 is 10.2 Å². The number of halogens is 1. The topological polar surface area (TPSA) is 49.4 Å². The second-order valence-electron chi connectivity index (χ2n) is 5.81. The van der Waals surface area contributed by atoms with Gasteiger partial charge in [-0.15, -0.1) is 0 Å². The lowest BCUT2D eigenvalue weighted by Crippen LogP contribution is -2.27. The van der Waals surface area contributed by atoms with Gasteiger partial charge in [0.2, 0.25) is 0 Å². The van der Waals surface area contributed by atoms with E-state index < -0.39 is 9.84 Å². The molecule has 4 nitrogen and oxygen atoms in total. The lowest BCUT2D eigenvalue weighted by atomic mass is 10.1. The van der Waals surface area contributed by atoms with Crippen molar-refractivity contribution in [1.82, 2.24) is 5.32 Å². The van der Waals surface area contributed by atoms with Crippen molar-refractivity contribution in [2.24, 2.45) is 5.92 Å². The Morgan fingerprint density at radius 3 is 2.57 bits per heavy atom. The largest absolute Gasteiger partial charge is 0.373 e. The third-order valence-corrected chi connectivity index (χ3v) is 4.44. The molecular formula is C15H25ClN2O2S. The maximum absolute atomic E-state index is 11.3. The number of nitrogens with one attached hydrogen (secondary N) is 1. The summed E-state index contributed by atoms with van der Waals surface area (Å²) in [7, 11) is -1.08. The van der Waals surface area contributed by atoms with Crippen LogP contribution in [0.5, 0.6) is 0 Å². The van der Waals surface area contributed by atoms with Crippen LogP contribution in [0.15, 0.2) is 18.2 Å². The molecule has 0 saturated carbocycles. The van der Waals surface area contributed by atoms with Gasteiger partial charge in [0.05, 0.1) is 5.75 Å².